The van der Waals surface area contributed by atoms with Gasteiger partial charge in [-0.15, -0.1) is 0 Å². The number of aryl methyl sites for hydroxylation is 2. The van der Waals surface area contributed by atoms with Gasteiger partial charge in [0.05, 0.1) is 18.5 Å². The average Bonchev–Trinajstić information content (AvgIpc) is 2.78. The first kappa shape index (κ1) is 15.9. The highest BCUT2D eigenvalue weighted by atomic mass is 79.9. The Morgan fingerprint density at radius 3 is 2.71 bits per heavy atom. The Morgan fingerprint density at radius 1 is 1.38 bits per heavy atom. The van der Waals surface area contributed by atoms with Crippen LogP contribution in [-0.4, -0.2) is 16.9 Å². The SMILES string of the molecule is COc1cc(Br)cc(C)c1NCc1cn(C)nc1C(C)C. The summed E-state index contributed by atoms with van der Waals surface area (Å²) in [6.07, 6.45) is 2.07. The third-order valence-corrected chi connectivity index (χ3v) is 3.88. The molecule has 0 aliphatic carbocycles. The number of benzene rings is 1. The number of anilines is 1. The molecule has 1 aromatic heterocycles. The molecule has 0 saturated carbocycles. The number of ether oxygens (including phenoxy) is 1. The Labute approximate surface area is 134 Å². The van der Waals surface area contributed by atoms with Crippen molar-refractivity contribution in [2.75, 3.05) is 12.4 Å². The summed E-state index contributed by atoms with van der Waals surface area (Å²) in [6.45, 7) is 7.14. The Balaban J connectivity index is 2.24. The topological polar surface area (TPSA) is 39.1 Å². The molecule has 0 saturated heterocycles. The molecule has 0 unspecified atom stereocenters. The van der Waals surface area contributed by atoms with E-state index in [1.165, 1.54) is 5.56 Å². The number of nitrogens with one attached hydrogen (secondary N) is 1. The van der Waals surface area contributed by atoms with Crippen LogP contribution in [-0.2, 0) is 13.6 Å². The summed E-state index contributed by atoms with van der Waals surface area (Å²) in [7, 11) is 3.65. The largest absolute Gasteiger partial charge is 0.495 e. The number of methoxy groups -OCH3 is 1. The fourth-order valence-corrected chi connectivity index (χ4v) is 3.01. The molecule has 1 heterocycles. The molecule has 0 atom stereocenters. The first-order valence-corrected chi connectivity index (χ1v) is 7.82. The van der Waals surface area contributed by atoms with Gasteiger partial charge < -0.3 is 10.1 Å². The van der Waals surface area contributed by atoms with Crippen molar-refractivity contribution < 1.29 is 4.74 Å². The molecule has 2 aromatic rings. The summed E-state index contributed by atoms with van der Waals surface area (Å²) >= 11 is 3.50. The summed E-state index contributed by atoms with van der Waals surface area (Å²) in [5.74, 6) is 1.26. The van der Waals surface area contributed by atoms with Crippen molar-refractivity contribution in [3.8, 4) is 5.75 Å². The van der Waals surface area contributed by atoms with Crippen LogP contribution in [0.1, 0.15) is 36.6 Å². The van der Waals surface area contributed by atoms with E-state index in [1.54, 1.807) is 7.11 Å². The van der Waals surface area contributed by atoms with Crippen LogP contribution in [0.2, 0.25) is 0 Å². The molecule has 0 radical (unpaired) electrons. The zero-order valence-electron chi connectivity index (χ0n) is 13.2. The number of nitrogens with zero attached hydrogens (tertiary/aromatic N) is 2. The Bertz CT molecular complexity index is 635. The second-order valence-electron chi connectivity index (χ2n) is 5.52. The molecule has 21 heavy (non-hydrogen) atoms. The Kier molecular flexibility index (Phi) is 4.93. The van der Waals surface area contributed by atoms with Crippen LogP contribution in [0.15, 0.2) is 22.8 Å². The van der Waals surface area contributed by atoms with Gasteiger partial charge in [-0.25, -0.2) is 0 Å². The fraction of sp³-hybridized carbons (Fsp3) is 0.438. The first-order valence-electron chi connectivity index (χ1n) is 7.02. The molecule has 114 valence electrons. The lowest BCUT2D eigenvalue weighted by molar-refractivity contribution is 0.416. The van der Waals surface area contributed by atoms with Crippen molar-refractivity contribution in [2.24, 2.45) is 7.05 Å². The smallest absolute Gasteiger partial charge is 0.143 e. The lowest BCUT2D eigenvalue weighted by Crippen LogP contribution is -2.05. The molecule has 0 amide bonds. The summed E-state index contributed by atoms with van der Waals surface area (Å²) in [4.78, 5) is 0. The number of hydrogen-bond acceptors (Lipinski definition) is 3. The predicted molar refractivity (Wildman–Crippen MR) is 90.1 cm³/mol. The zero-order valence-corrected chi connectivity index (χ0v) is 14.8. The number of rotatable bonds is 5. The Morgan fingerprint density at radius 2 is 2.10 bits per heavy atom. The minimum atomic E-state index is 0.413. The molecule has 2 rings (SSSR count). The molecule has 0 bridgehead atoms. The van der Waals surface area contributed by atoms with Crippen molar-refractivity contribution in [1.82, 2.24) is 9.78 Å². The standard InChI is InChI=1S/C16H22BrN3O/c1-10(2)15-12(9-20(4)19-15)8-18-16-11(3)6-13(17)7-14(16)21-5/h6-7,9-10,18H,8H2,1-5H3. The average molecular weight is 352 g/mol. The molecule has 0 fully saturated rings. The van der Waals surface area contributed by atoms with Gasteiger partial charge in [-0.3, -0.25) is 4.68 Å². The van der Waals surface area contributed by atoms with E-state index in [0.29, 0.717) is 5.92 Å². The van der Waals surface area contributed by atoms with Crippen molar-refractivity contribution in [3.63, 3.8) is 0 Å². The van der Waals surface area contributed by atoms with Crippen LogP contribution in [0, 0.1) is 6.92 Å². The van der Waals surface area contributed by atoms with E-state index in [2.05, 4.69) is 59.4 Å². The van der Waals surface area contributed by atoms with Gasteiger partial charge in [0.25, 0.3) is 0 Å². The summed E-state index contributed by atoms with van der Waals surface area (Å²) in [6, 6.07) is 4.05. The van der Waals surface area contributed by atoms with E-state index in [0.717, 1.165) is 33.7 Å². The maximum atomic E-state index is 5.46. The molecular formula is C16H22BrN3O. The number of hydrogen-bond donors (Lipinski definition) is 1. The van der Waals surface area contributed by atoms with Crippen LogP contribution < -0.4 is 10.1 Å². The molecule has 0 spiro atoms. The van der Waals surface area contributed by atoms with E-state index in [1.807, 2.05) is 17.8 Å². The third-order valence-electron chi connectivity index (χ3n) is 3.42. The van der Waals surface area contributed by atoms with Crippen LogP contribution >= 0.6 is 15.9 Å². The van der Waals surface area contributed by atoms with Gasteiger partial charge in [-0.05, 0) is 30.5 Å². The van der Waals surface area contributed by atoms with Crippen molar-refractivity contribution in [2.45, 2.75) is 33.2 Å². The molecule has 0 aliphatic heterocycles. The van der Waals surface area contributed by atoms with Gasteiger partial charge in [0.15, 0.2) is 0 Å². The highest BCUT2D eigenvalue weighted by Crippen LogP contribution is 2.32. The fourth-order valence-electron chi connectivity index (χ4n) is 2.46. The lowest BCUT2D eigenvalue weighted by atomic mass is 10.1. The van der Waals surface area contributed by atoms with Crippen LogP contribution in [0.5, 0.6) is 5.75 Å². The van der Waals surface area contributed by atoms with Gasteiger partial charge in [0, 0.05) is 29.8 Å². The van der Waals surface area contributed by atoms with E-state index >= 15 is 0 Å². The second-order valence-corrected chi connectivity index (χ2v) is 6.44. The van der Waals surface area contributed by atoms with Crippen molar-refractivity contribution in [1.29, 1.82) is 0 Å². The predicted octanol–water partition coefficient (Wildman–Crippen LogP) is 4.24. The van der Waals surface area contributed by atoms with Gasteiger partial charge in [-0.2, -0.15) is 5.10 Å². The maximum absolute atomic E-state index is 5.46. The van der Waals surface area contributed by atoms with Crippen LogP contribution in [0.3, 0.4) is 0 Å². The van der Waals surface area contributed by atoms with Gasteiger partial charge in [0.2, 0.25) is 0 Å². The van der Waals surface area contributed by atoms with Gasteiger partial charge >= 0.3 is 0 Å². The summed E-state index contributed by atoms with van der Waals surface area (Å²) < 4.78 is 8.36. The first-order chi connectivity index (χ1) is 9.92. The van der Waals surface area contributed by atoms with E-state index < -0.39 is 0 Å². The third kappa shape index (κ3) is 3.59. The Hall–Kier alpha value is -1.49. The van der Waals surface area contributed by atoms with Crippen LogP contribution in [0.25, 0.3) is 0 Å². The molecular weight excluding hydrogens is 330 g/mol. The summed E-state index contributed by atoms with van der Waals surface area (Å²) in [5, 5.41) is 8.02. The van der Waals surface area contributed by atoms with E-state index in [9.17, 15) is 0 Å². The van der Waals surface area contributed by atoms with Gasteiger partial charge in [0.1, 0.15) is 5.75 Å². The van der Waals surface area contributed by atoms with Crippen molar-refractivity contribution in [3.05, 3.63) is 39.6 Å². The van der Waals surface area contributed by atoms with Gasteiger partial charge in [-0.1, -0.05) is 29.8 Å². The number of halogens is 1. The highest BCUT2D eigenvalue weighted by Gasteiger charge is 2.13. The summed E-state index contributed by atoms with van der Waals surface area (Å²) in [5.41, 5.74) is 4.53. The highest BCUT2D eigenvalue weighted by molar-refractivity contribution is 9.10. The normalized spacial score (nSPS) is 11.0. The number of aromatic nitrogens is 2. The minimum Gasteiger partial charge on any atom is -0.495 e. The maximum Gasteiger partial charge on any atom is 0.143 e. The molecule has 5 heteroatoms. The molecule has 1 aromatic carbocycles. The van der Waals surface area contributed by atoms with E-state index in [-0.39, 0.29) is 0 Å². The van der Waals surface area contributed by atoms with E-state index in [4.69, 9.17) is 4.74 Å². The lowest BCUT2D eigenvalue weighted by Gasteiger charge is -2.15. The molecule has 1 N–H and O–H groups in total. The molecule has 4 nitrogen and oxygen atoms in total. The zero-order chi connectivity index (χ0) is 15.6. The monoisotopic (exact) mass is 351 g/mol. The minimum absolute atomic E-state index is 0.413. The van der Waals surface area contributed by atoms with Crippen molar-refractivity contribution >= 4 is 21.6 Å². The van der Waals surface area contributed by atoms with Crippen LogP contribution in [0.4, 0.5) is 5.69 Å². The molecule has 0 aliphatic rings. The quantitative estimate of drug-likeness (QED) is 0.875. The second kappa shape index (κ2) is 6.52.